The van der Waals surface area contributed by atoms with Gasteiger partial charge in [-0.2, -0.15) is 0 Å². The van der Waals surface area contributed by atoms with Crippen molar-refractivity contribution in [3.8, 4) is 0 Å². The molecule has 0 fully saturated rings. The Balaban J connectivity index is 2.69. The first-order valence-corrected chi connectivity index (χ1v) is 5.07. The van der Waals surface area contributed by atoms with Gasteiger partial charge in [0.1, 0.15) is 11.0 Å². The van der Waals surface area contributed by atoms with Crippen molar-refractivity contribution in [1.82, 2.24) is 9.88 Å². The first-order valence-electron chi connectivity index (χ1n) is 4.69. The summed E-state index contributed by atoms with van der Waals surface area (Å²) in [5, 5.41) is 13.7. The molecule has 6 nitrogen and oxygen atoms in total. The lowest BCUT2D eigenvalue weighted by atomic mass is 10.4. The lowest BCUT2D eigenvalue weighted by molar-refractivity contribution is -0.384. The van der Waals surface area contributed by atoms with Crippen LogP contribution in [0.5, 0.6) is 0 Å². The zero-order valence-electron chi connectivity index (χ0n) is 9.11. The summed E-state index contributed by atoms with van der Waals surface area (Å²) in [5.74, 6) is 0.418. The first-order chi connectivity index (χ1) is 7.49. The number of nitrogens with one attached hydrogen (secondary N) is 1. The van der Waals surface area contributed by atoms with Gasteiger partial charge in [-0.15, -0.1) is 0 Å². The van der Waals surface area contributed by atoms with Crippen molar-refractivity contribution >= 4 is 23.1 Å². The van der Waals surface area contributed by atoms with Gasteiger partial charge in [0.2, 0.25) is 0 Å². The van der Waals surface area contributed by atoms with Crippen molar-refractivity contribution in [2.75, 3.05) is 32.5 Å². The second kappa shape index (κ2) is 5.62. The van der Waals surface area contributed by atoms with Crippen LogP contribution in [0.15, 0.2) is 12.1 Å². The number of aromatic nitrogens is 1. The molecule has 0 spiro atoms. The number of rotatable bonds is 5. The molecule has 0 aliphatic heterocycles. The molecule has 0 saturated carbocycles. The number of hydrogen-bond acceptors (Lipinski definition) is 5. The average molecular weight is 245 g/mol. The van der Waals surface area contributed by atoms with E-state index < -0.39 is 4.92 Å². The molecule has 0 bridgehead atoms. The van der Waals surface area contributed by atoms with Crippen LogP contribution < -0.4 is 5.32 Å². The Morgan fingerprint density at radius 2 is 2.25 bits per heavy atom. The van der Waals surface area contributed by atoms with Crippen molar-refractivity contribution in [2.24, 2.45) is 0 Å². The van der Waals surface area contributed by atoms with E-state index in [-0.39, 0.29) is 10.8 Å². The topological polar surface area (TPSA) is 71.3 Å². The molecule has 1 heterocycles. The van der Waals surface area contributed by atoms with Crippen LogP contribution in [0, 0.1) is 10.1 Å². The highest BCUT2D eigenvalue weighted by Gasteiger charge is 2.09. The van der Waals surface area contributed by atoms with E-state index in [4.69, 9.17) is 11.6 Å². The summed E-state index contributed by atoms with van der Waals surface area (Å²) < 4.78 is 0. The van der Waals surface area contributed by atoms with E-state index in [2.05, 4.69) is 10.3 Å². The fraction of sp³-hybridized carbons (Fsp3) is 0.444. The summed E-state index contributed by atoms with van der Waals surface area (Å²) >= 11 is 5.67. The Labute approximate surface area is 98.4 Å². The molecule has 0 unspecified atom stereocenters. The molecule has 0 saturated heterocycles. The van der Waals surface area contributed by atoms with Crippen LogP contribution in [-0.2, 0) is 0 Å². The second-order valence-electron chi connectivity index (χ2n) is 3.52. The van der Waals surface area contributed by atoms with Crippen LogP contribution in [-0.4, -0.2) is 42.0 Å². The highest BCUT2D eigenvalue weighted by atomic mass is 35.5. The van der Waals surface area contributed by atoms with E-state index in [9.17, 15) is 10.1 Å². The van der Waals surface area contributed by atoms with E-state index in [0.717, 1.165) is 6.54 Å². The molecule has 88 valence electrons. The maximum Gasteiger partial charge on any atom is 0.276 e. The van der Waals surface area contributed by atoms with Crippen molar-refractivity contribution in [3.05, 3.63) is 27.4 Å². The number of nitrogens with zero attached hydrogens (tertiary/aromatic N) is 3. The highest BCUT2D eigenvalue weighted by molar-refractivity contribution is 6.29. The normalized spacial score (nSPS) is 10.5. The van der Waals surface area contributed by atoms with Crippen LogP contribution in [0.2, 0.25) is 5.15 Å². The van der Waals surface area contributed by atoms with E-state index in [0.29, 0.717) is 12.4 Å². The number of nitro groups is 1. The van der Waals surface area contributed by atoms with E-state index >= 15 is 0 Å². The summed E-state index contributed by atoms with van der Waals surface area (Å²) in [6.45, 7) is 1.46. The van der Waals surface area contributed by atoms with Crippen LogP contribution in [0.1, 0.15) is 0 Å². The van der Waals surface area contributed by atoms with Crippen LogP contribution in [0.4, 0.5) is 11.5 Å². The smallest absolute Gasteiger partial charge is 0.276 e. The number of halogens is 1. The van der Waals surface area contributed by atoms with Crippen molar-refractivity contribution in [2.45, 2.75) is 0 Å². The summed E-state index contributed by atoms with van der Waals surface area (Å²) in [4.78, 5) is 16.0. The lowest BCUT2D eigenvalue weighted by Crippen LogP contribution is -2.21. The van der Waals surface area contributed by atoms with Gasteiger partial charge in [-0.1, -0.05) is 11.6 Å². The number of likely N-dealkylation sites (N-methyl/N-ethyl adjacent to an activating group) is 1. The van der Waals surface area contributed by atoms with Crippen molar-refractivity contribution in [1.29, 1.82) is 0 Å². The molecule has 0 aliphatic carbocycles. The first kappa shape index (κ1) is 12.7. The van der Waals surface area contributed by atoms with E-state index in [1.54, 1.807) is 0 Å². The molecule has 0 atom stereocenters. The van der Waals surface area contributed by atoms with Crippen molar-refractivity contribution < 1.29 is 4.92 Å². The van der Waals surface area contributed by atoms with Crippen LogP contribution >= 0.6 is 11.6 Å². The van der Waals surface area contributed by atoms with Gasteiger partial charge in [0.05, 0.1) is 17.1 Å². The molecular weight excluding hydrogens is 232 g/mol. The molecule has 0 aromatic carbocycles. The van der Waals surface area contributed by atoms with Gasteiger partial charge in [0, 0.05) is 13.1 Å². The molecule has 1 aromatic rings. The van der Waals surface area contributed by atoms with Gasteiger partial charge in [-0.05, 0) is 14.1 Å². The van der Waals surface area contributed by atoms with Gasteiger partial charge in [-0.3, -0.25) is 10.1 Å². The number of hydrogen-bond donors (Lipinski definition) is 1. The Bertz CT molecular complexity index is 384. The minimum absolute atomic E-state index is 0.0626. The maximum absolute atomic E-state index is 10.6. The van der Waals surface area contributed by atoms with Gasteiger partial charge < -0.3 is 10.2 Å². The largest absolute Gasteiger partial charge is 0.369 e. The molecule has 0 aliphatic rings. The summed E-state index contributed by atoms with van der Waals surface area (Å²) in [5.41, 5.74) is -0.0626. The molecule has 16 heavy (non-hydrogen) atoms. The Morgan fingerprint density at radius 1 is 1.56 bits per heavy atom. The van der Waals surface area contributed by atoms with E-state index in [1.807, 2.05) is 19.0 Å². The quantitative estimate of drug-likeness (QED) is 0.484. The fourth-order valence-corrected chi connectivity index (χ4v) is 1.29. The third kappa shape index (κ3) is 4.00. The Kier molecular flexibility index (Phi) is 4.45. The standard InChI is InChI=1S/C9H13ClN4O2/c1-13(2)4-3-11-9-6-7(14(15)16)5-8(10)12-9/h5-6H,3-4H2,1-2H3,(H,11,12). The van der Waals surface area contributed by atoms with Gasteiger partial charge in [-0.25, -0.2) is 4.98 Å². The second-order valence-corrected chi connectivity index (χ2v) is 3.91. The maximum atomic E-state index is 10.6. The van der Waals surface area contributed by atoms with Gasteiger partial charge >= 0.3 is 0 Å². The zero-order valence-corrected chi connectivity index (χ0v) is 9.86. The summed E-state index contributed by atoms with van der Waals surface area (Å²) in [7, 11) is 3.88. The molecule has 0 amide bonds. The average Bonchev–Trinajstić information content (AvgIpc) is 2.16. The Morgan fingerprint density at radius 3 is 2.81 bits per heavy atom. The van der Waals surface area contributed by atoms with Crippen LogP contribution in [0.25, 0.3) is 0 Å². The zero-order chi connectivity index (χ0) is 12.1. The molecule has 1 aromatic heterocycles. The molecular formula is C9H13ClN4O2. The van der Waals surface area contributed by atoms with Crippen molar-refractivity contribution in [3.63, 3.8) is 0 Å². The predicted octanol–water partition coefficient (Wildman–Crippen LogP) is 1.62. The number of anilines is 1. The predicted molar refractivity (Wildman–Crippen MR) is 62.9 cm³/mol. The molecule has 7 heteroatoms. The molecule has 1 N–H and O–H groups in total. The lowest BCUT2D eigenvalue weighted by Gasteiger charge is -2.10. The minimum atomic E-state index is -0.495. The molecule has 0 radical (unpaired) electrons. The monoisotopic (exact) mass is 244 g/mol. The van der Waals surface area contributed by atoms with Crippen LogP contribution in [0.3, 0.4) is 0 Å². The summed E-state index contributed by atoms with van der Waals surface area (Å²) in [6, 6.07) is 2.58. The summed E-state index contributed by atoms with van der Waals surface area (Å²) in [6.07, 6.45) is 0. The SMILES string of the molecule is CN(C)CCNc1cc([N+](=O)[O-])cc(Cl)n1. The van der Waals surface area contributed by atoms with E-state index in [1.165, 1.54) is 12.1 Å². The number of pyridine rings is 1. The third-order valence-corrected chi connectivity index (χ3v) is 2.05. The molecule has 1 rings (SSSR count). The van der Waals surface area contributed by atoms with Gasteiger partial charge in [0.15, 0.2) is 0 Å². The third-order valence-electron chi connectivity index (χ3n) is 1.85. The Hall–Kier alpha value is -1.40. The minimum Gasteiger partial charge on any atom is -0.369 e. The highest BCUT2D eigenvalue weighted by Crippen LogP contribution is 2.20. The fourth-order valence-electron chi connectivity index (χ4n) is 1.09. The van der Waals surface area contributed by atoms with Gasteiger partial charge in [0.25, 0.3) is 5.69 Å².